The number of methoxy groups -OCH3 is 1. The molecule has 8 nitrogen and oxygen atoms in total. The Labute approximate surface area is 169 Å². The van der Waals surface area contributed by atoms with Crippen molar-refractivity contribution in [3.8, 4) is 5.75 Å². The summed E-state index contributed by atoms with van der Waals surface area (Å²) in [5.41, 5.74) is 1.10. The van der Waals surface area contributed by atoms with Crippen molar-refractivity contribution in [1.82, 2.24) is 0 Å². The predicted octanol–water partition coefficient (Wildman–Crippen LogP) is 3.99. The molecule has 0 fully saturated rings. The van der Waals surface area contributed by atoms with Crippen LogP contribution in [0.1, 0.15) is 36.7 Å². The van der Waals surface area contributed by atoms with E-state index in [-0.39, 0.29) is 17.1 Å². The van der Waals surface area contributed by atoms with Crippen LogP contribution >= 0.6 is 0 Å². The number of benzene rings is 2. The minimum absolute atomic E-state index is 0.0123. The first-order chi connectivity index (χ1) is 13.7. The lowest BCUT2D eigenvalue weighted by Crippen LogP contribution is -2.30. The molecule has 0 spiro atoms. The maximum absolute atomic E-state index is 12.3. The summed E-state index contributed by atoms with van der Waals surface area (Å²) in [4.78, 5) is 35.2. The molecule has 154 valence electrons. The number of nitrogens with one attached hydrogen (secondary N) is 1. The molecule has 0 heterocycles. The van der Waals surface area contributed by atoms with E-state index in [0.717, 1.165) is 12.0 Å². The SMILES string of the molecule is COc1ccc(NC(=O)[C@H](C)OC(=O)c2ccc(CC(C)C)cc2)c([N+](=O)[O-])c1. The largest absolute Gasteiger partial charge is 0.496 e. The average Bonchev–Trinajstić information content (AvgIpc) is 2.68. The Hall–Kier alpha value is -3.42. The van der Waals surface area contributed by atoms with E-state index in [1.807, 2.05) is 12.1 Å². The fourth-order valence-electron chi connectivity index (χ4n) is 2.66. The minimum atomic E-state index is -1.14. The highest BCUT2D eigenvalue weighted by atomic mass is 16.6. The van der Waals surface area contributed by atoms with Gasteiger partial charge in [0, 0.05) is 0 Å². The molecule has 8 heteroatoms. The van der Waals surface area contributed by atoms with Gasteiger partial charge in [-0.3, -0.25) is 14.9 Å². The zero-order valence-electron chi connectivity index (χ0n) is 16.8. The Morgan fingerprint density at radius 3 is 2.31 bits per heavy atom. The highest BCUT2D eigenvalue weighted by Gasteiger charge is 2.23. The van der Waals surface area contributed by atoms with Crippen LogP contribution < -0.4 is 10.1 Å². The number of carbonyl (C=O) groups excluding carboxylic acids is 2. The second-order valence-electron chi connectivity index (χ2n) is 6.97. The lowest BCUT2D eigenvalue weighted by molar-refractivity contribution is -0.384. The highest BCUT2D eigenvalue weighted by molar-refractivity contribution is 5.98. The van der Waals surface area contributed by atoms with E-state index >= 15 is 0 Å². The van der Waals surface area contributed by atoms with Crippen LogP contribution in [0.5, 0.6) is 5.75 Å². The zero-order valence-corrected chi connectivity index (χ0v) is 16.8. The molecule has 29 heavy (non-hydrogen) atoms. The minimum Gasteiger partial charge on any atom is -0.496 e. The zero-order chi connectivity index (χ0) is 21.6. The normalized spacial score (nSPS) is 11.6. The molecule has 0 aliphatic heterocycles. The fourth-order valence-corrected chi connectivity index (χ4v) is 2.66. The van der Waals surface area contributed by atoms with Crippen LogP contribution in [0.15, 0.2) is 42.5 Å². The molecule has 2 aromatic rings. The van der Waals surface area contributed by atoms with Crippen molar-refractivity contribution in [2.45, 2.75) is 33.3 Å². The van der Waals surface area contributed by atoms with Crippen LogP contribution in [0.4, 0.5) is 11.4 Å². The van der Waals surface area contributed by atoms with Crippen LogP contribution in [0.3, 0.4) is 0 Å². The lowest BCUT2D eigenvalue weighted by Gasteiger charge is -2.14. The van der Waals surface area contributed by atoms with E-state index in [9.17, 15) is 19.7 Å². The molecular weight excluding hydrogens is 376 g/mol. The molecule has 0 radical (unpaired) electrons. The van der Waals surface area contributed by atoms with Gasteiger partial charge in [0.05, 0.1) is 23.7 Å². The smallest absolute Gasteiger partial charge is 0.338 e. The van der Waals surface area contributed by atoms with Gasteiger partial charge in [0.25, 0.3) is 11.6 Å². The van der Waals surface area contributed by atoms with Crippen LogP contribution in [0.2, 0.25) is 0 Å². The van der Waals surface area contributed by atoms with Gasteiger partial charge >= 0.3 is 5.97 Å². The maximum atomic E-state index is 12.3. The first kappa shape index (κ1) is 21.9. The van der Waals surface area contributed by atoms with Crippen molar-refractivity contribution in [1.29, 1.82) is 0 Å². The van der Waals surface area contributed by atoms with Crippen molar-refractivity contribution >= 4 is 23.3 Å². The molecule has 0 aromatic heterocycles. The summed E-state index contributed by atoms with van der Waals surface area (Å²) in [7, 11) is 1.38. The Kier molecular flexibility index (Phi) is 7.30. The molecule has 0 saturated carbocycles. The second-order valence-corrected chi connectivity index (χ2v) is 6.97. The number of rotatable bonds is 8. The molecule has 0 unspecified atom stereocenters. The van der Waals surface area contributed by atoms with Crippen LogP contribution in [-0.4, -0.2) is 30.0 Å². The summed E-state index contributed by atoms with van der Waals surface area (Å²) in [5.74, 6) is -0.537. The van der Waals surface area contributed by atoms with E-state index in [2.05, 4.69) is 19.2 Å². The molecule has 2 rings (SSSR count). The Morgan fingerprint density at radius 1 is 1.10 bits per heavy atom. The van der Waals surface area contributed by atoms with Crippen LogP contribution in [0.25, 0.3) is 0 Å². The Bertz CT molecular complexity index is 893. The summed E-state index contributed by atoms with van der Waals surface area (Å²) in [6.07, 6.45) is -0.242. The number of hydrogen-bond donors (Lipinski definition) is 1. The van der Waals surface area contributed by atoms with Gasteiger partial charge in [-0.15, -0.1) is 0 Å². The number of ether oxygens (including phenoxy) is 2. The van der Waals surface area contributed by atoms with Gasteiger partial charge in [0.1, 0.15) is 11.4 Å². The summed E-state index contributed by atoms with van der Waals surface area (Å²) in [6.45, 7) is 5.61. The van der Waals surface area contributed by atoms with Gasteiger partial charge in [0.15, 0.2) is 6.10 Å². The van der Waals surface area contributed by atoms with Crippen LogP contribution in [-0.2, 0) is 16.0 Å². The topological polar surface area (TPSA) is 108 Å². The van der Waals surface area contributed by atoms with Crippen LogP contribution in [0, 0.1) is 16.0 Å². The number of nitro benzene ring substituents is 1. The third-order valence-corrected chi connectivity index (χ3v) is 4.15. The monoisotopic (exact) mass is 400 g/mol. The Balaban J connectivity index is 2.03. The number of nitrogens with zero attached hydrogens (tertiary/aromatic N) is 1. The van der Waals surface area contributed by atoms with Crippen molar-refractivity contribution in [2.24, 2.45) is 5.92 Å². The number of esters is 1. The quantitative estimate of drug-likeness (QED) is 0.408. The lowest BCUT2D eigenvalue weighted by atomic mass is 10.0. The molecule has 0 bridgehead atoms. The Morgan fingerprint density at radius 2 is 1.76 bits per heavy atom. The molecule has 0 aliphatic carbocycles. The van der Waals surface area contributed by atoms with Crippen molar-refractivity contribution in [3.05, 3.63) is 63.7 Å². The second kappa shape index (κ2) is 9.68. The number of hydrogen-bond acceptors (Lipinski definition) is 6. The summed E-state index contributed by atoms with van der Waals surface area (Å²) < 4.78 is 10.1. The highest BCUT2D eigenvalue weighted by Crippen LogP contribution is 2.29. The first-order valence-electron chi connectivity index (χ1n) is 9.14. The molecule has 2 aromatic carbocycles. The molecule has 1 N–H and O–H groups in total. The van der Waals surface area contributed by atoms with Gasteiger partial charge < -0.3 is 14.8 Å². The molecule has 0 aliphatic rings. The number of nitro groups is 1. The van der Waals surface area contributed by atoms with Crippen molar-refractivity contribution in [3.63, 3.8) is 0 Å². The fraction of sp³-hybridized carbons (Fsp3) is 0.333. The summed E-state index contributed by atoms with van der Waals surface area (Å²) in [6, 6.07) is 11.0. The average molecular weight is 400 g/mol. The third-order valence-electron chi connectivity index (χ3n) is 4.15. The van der Waals surface area contributed by atoms with Crippen molar-refractivity contribution < 1.29 is 24.0 Å². The standard InChI is InChI=1S/C21H24N2O6/c1-13(2)11-15-5-7-16(8-6-15)21(25)29-14(3)20(24)22-18-10-9-17(28-4)12-19(18)23(26)27/h5-10,12-14H,11H2,1-4H3,(H,22,24)/t14-/m0/s1. The van der Waals surface area contributed by atoms with Gasteiger partial charge in [-0.25, -0.2) is 4.79 Å². The first-order valence-corrected chi connectivity index (χ1v) is 9.14. The number of amides is 1. The number of carbonyl (C=O) groups is 2. The maximum Gasteiger partial charge on any atom is 0.338 e. The van der Waals surface area contributed by atoms with E-state index in [4.69, 9.17) is 9.47 Å². The molecule has 0 saturated heterocycles. The van der Waals surface area contributed by atoms with E-state index in [1.165, 1.54) is 32.2 Å². The molecule has 1 atom stereocenters. The van der Waals surface area contributed by atoms with Gasteiger partial charge in [-0.05, 0) is 49.1 Å². The van der Waals surface area contributed by atoms with E-state index in [0.29, 0.717) is 11.5 Å². The van der Waals surface area contributed by atoms with Gasteiger partial charge in [-0.2, -0.15) is 0 Å². The third kappa shape index (κ3) is 6.03. The van der Waals surface area contributed by atoms with E-state index in [1.54, 1.807) is 12.1 Å². The number of anilines is 1. The van der Waals surface area contributed by atoms with Gasteiger partial charge in [0.2, 0.25) is 0 Å². The summed E-state index contributed by atoms with van der Waals surface area (Å²) >= 11 is 0. The summed E-state index contributed by atoms with van der Waals surface area (Å²) in [5, 5.41) is 13.6. The van der Waals surface area contributed by atoms with E-state index < -0.39 is 22.9 Å². The molecule has 1 amide bonds. The van der Waals surface area contributed by atoms with Crippen molar-refractivity contribution in [2.75, 3.05) is 12.4 Å². The predicted molar refractivity (Wildman–Crippen MR) is 108 cm³/mol. The molecular formula is C21H24N2O6. The van der Waals surface area contributed by atoms with Gasteiger partial charge in [-0.1, -0.05) is 26.0 Å².